The van der Waals surface area contributed by atoms with Gasteiger partial charge in [-0.05, 0) is 57.3 Å². The summed E-state index contributed by atoms with van der Waals surface area (Å²) in [5, 5.41) is 7.33. The second-order valence-corrected chi connectivity index (χ2v) is 7.22. The van der Waals surface area contributed by atoms with Crippen molar-refractivity contribution in [2.24, 2.45) is 0 Å². The van der Waals surface area contributed by atoms with Crippen LogP contribution in [0.15, 0.2) is 31.4 Å². The fraction of sp³-hybridized carbons (Fsp3) is 0.333. The molecular weight excluding hydrogens is 394 g/mol. The molecule has 2 aromatic heterocycles. The van der Waals surface area contributed by atoms with E-state index in [0.29, 0.717) is 11.0 Å². The van der Waals surface area contributed by atoms with Crippen molar-refractivity contribution in [1.82, 2.24) is 9.78 Å². The molecule has 0 aliphatic rings. The third kappa shape index (κ3) is 3.67. The lowest BCUT2D eigenvalue weighted by atomic mass is 10.3. The van der Waals surface area contributed by atoms with Crippen LogP contribution >= 0.6 is 43.2 Å². The Hall–Kier alpha value is -0.660. The zero-order chi connectivity index (χ0) is 13.8. The fourth-order valence-electron chi connectivity index (χ4n) is 1.62. The minimum absolute atomic E-state index is 0.105. The zero-order valence-corrected chi connectivity index (χ0v) is 14.3. The van der Waals surface area contributed by atoms with E-state index in [2.05, 4.69) is 48.3 Å². The quantitative estimate of drug-likeness (QED) is 0.826. The van der Waals surface area contributed by atoms with E-state index in [0.717, 1.165) is 22.4 Å². The first-order valence-electron chi connectivity index (χ1n) is 5.85. The minimum atomic E-state index is -0.105. The Labute approximate surface area is 132 Å². The highest BCUT2D eigenvalue weighted by Gasteiger charge is 2.07. The largest absolute Gasteiger partial charge is 0.382 e. The molecule has 2 rings (SSSR count). The highest BCUT2D eigenvalue weighted by atomic mass is 79.9. The molecule has 1 N–H and O–H groups in total. The first-order valence-corrected chi connectivity index (χ1v) is 8.25. The van der Waals surface area contributed by atoms with Crippen LogP contribution in [0.2, 0.25) is 0 Å². The van der Waals surface area contributed by atoms with Crippen molar-refractivity contribution in [2.45, 2.75) is 19.9 Å². The average molecular weight is 407 g/mol. The van der Waals surface area contributed by atoms with E-state index in [1.54, 1.807) is 17.5 Å². The predicted octanol–water partition coefficient (Wildman–Crippen LogP) is 3.50. The molecule has 0 aliphatic heterocycles. The number of anilines is 1. The summed E-state index contributed by atoms with van der Waals surface area (Å²) >= 11 is 8.48. The Morgan fingerprint density at radius 3 is 2.84 bits per heavy atom. The summed E-state index contributed by atoms with van der Waals surface area (Å²) in [6.45, 7) is 3.23. The van der Waals surface area contributed by atoms with Gasteiger partial charge in [0.05, 0.1) is 15.7 Å². The van der Waals surface area contributed by atoms with Gasteiger partial charge in [-0.2, -0.15) is 5.10 Å². The molecule has 0 atom stereocenters. The predicted molar refractivity (Wildman–Crippen MR) is 86.1 cm³/mol. The standard InChI is InChI=1S/C12H13Br2N3OS/c1-2-17-12(18)11(14)9(7-16-17)15-6-5-8-3-4-10(13)19-8/h3-4,7,15H,2,5-6H2,1H3. The third-order valence-electron chi connectivity index (χ3n) is 2.60. The summed E-state index contributed by atoms with van der Waals surface area (Å²) in [6, 6.07) is 4.14. The van der Waals surface area contributed by atoms with Crippen LogP contribution < -0.4 is 10.9 Å². The Morgan fingerprint density at radius 2 is 2.21 bits per heavy atom. The third-order valence-corrected chi connectivity index (χ3v) is 5.05. The van der Waals surface area contributed by atoms with Crippen molar-refractivity contribution in [1.29, 1.82) is 0 Å². The lowest BCUT2D eigenvalue weighted by Crippen LogP contribution is -2.23. The Morgan fingerprint density at radius 1 is 1.42 bits per heavy atom. The highest BCUT2D eigenvalue weighted by Crippen LogP contribution is 2.22. The lowest BCUT2D eigenvalue weighted by Gasteiger charge is -2.08. The van der Waals surface area contributed by atoms with Crippen LogP contribution in [0.25, 0.3) is 0 Å². The first-order chi connectivity index (χ1) is 9.11. The second kappa shape index (κ2) is 6.67. The molecule has 2 aromatic rings. The van der Waals surface area contributed by atoms with Gasteiger partial charge in [0, 0.05) is 18.0 Å². The van der Waals surface area contributed by atoms with E-state index < -0.39 is 0 Å². The van der Waals surface area contributed by atoms with Gasteiger partial charge >= 0.3 is 0 Å². The SMILES string of the molecule is CCn1ncc(NCCc2ccc(Br)s2)c(Br)c1=O. The molecule has 7 heteroatoms. The number of thiophene rings is 1. The van der Waals surface area contributed by atoms with Gasteiger partial charge < -0.3 is 5.32 Å². The maximum absolute atomic E-state index is 11.9. The number of hydrogen-bond donors (Lipinski definition) is 1. The molecule has 0 radical (unpaired) electrons. The minimum Gasteiger partial charge on any atom is -0.382 e. The van der Waals surface area contributed by atoms with E-state index in [4.69, 9.17) is 0 Å². The van der Waals surface area contributed by atoms with E-state index in [1.807, 2.05) is 13.0 Å². The molecule has 0 spiro atoms. The van der Waals surface area contributed by atoms with E-state index in [1.165, 1.54) is 9.56 Å². The Balaban J connectivity index is 2.00. The monoisotopic (exact) mass is 405 g/mol. The summed E-state index contributed by atoms with van der Waals surface area (Å²) in [5.41, 5.74) is 0.636. The smallest absolute Gasteiger partial charge is 0.283 e. The molecule has 0 aliphatic carbocycles. The van der Waals surface area contributed by atoms with Crippen molar-refractivity contribution < 1.29 is 0 Å². The Kier molecular flexibility index (Phi) is 5.18. The van der Waals surface area contributed by atoms with Crippen LogP contribution in [0.3, 0.4) is 0 Å². The van der Waals surface area contributed by atoms with Gasteiger partial charge in [0.15, 0.2) is 0 Å². The molecule has 19 heavy (non-hydrogen) atoms. The molecule has 4 nitrogen and oxygen atoms in total. The molecule has 102 valence electrons. The summed E-state index contributed by atoms with van der Waals surface area (Å²) < 4.78 is 3.10. The normalized spacial score (nSPS) is 10.7. The van der Waals surface area contributed by atoms with Gasteiger partial charge in [-0.25, -0.2) is 4.68 Å². The number of nitrogens with zero attached hydrogens (tertiary/aromatic N) is 2. The van der Waals surface area contributed by atoms with Crippen molar-refractivity contribution >= 4 is 48.9 Å². The van der Waals surface area contributed by atoms with Crippen molar-refractivity contribution in [3.05, 3.63) is 41.8 Å². The molecule has 0 unspecified atom stereocenters. The average Bonchev–Trinajstić information content (AvgIpc) is 2.81. The zero-order valence-electron chi connectivity index (χ0n) is 10.3. The maximum atomic E-state index is 11.9. The summed E-state index contributed by atoms with van der Waals surface area (Å²) in [5.74, 6) is 0. The van der Waals surface area contributed by atoms with Crippen LogP contribution in [-0.2, 0) is 13.0 Å². The van der Waals surface area contributed by atoms with E-state index in [-0.39, 0.29) is 5.56 Å². The number of hydrogen-bond acceptors (Lipinski definition) is 4. The van der Waals surface area contributed by atoms with Gasteiger partial charge in [0.1, 0.15) is 4.47 Å². The number of aryl methyl sites for hydroxylation is 1. The van der Waals surface area contributed by atoms with Crippen LogP contribution in [0.1, 0.15) is 11.8 Å². The maximum Gasteiger partial charge on any atom is 0.283 e. The topological polar surface area (TPSA) is 46.9 Å². The van der Waals surface area contributed by atoms with Gasteiger partial charge in [-0.1, -0.05) is 0 Å². The number of rotatable bonds is 5. The fourth-order valence-corrected chi connectivity index (χ4v) is 3.55. The van der Waals surface area contributed by atoms with E-state index >= 15 is 0 Å². The number of halogens is 2. The molecule has 0 saturated carbocycles. The first kappa shape index (κ1) is 14.7. The molecular formula is C12H13Br2N3OS. The molecule has 2 heterocycles. The lowest BCUT2D eigenvalue weighted by molar-refractivity contribution is 0.613. The van der Waals surface area contributed by atoms with Crippen molar-refractivity contribution in [3.8, 4) is 0 Å². The van der Waals surface area contributed by atoms with Gasteiger partial charge in [-0.15, -0.1) is 11.3 Å². The van der Waals surface area contributed by atoms with E-state index in [9.17, 15) is 4.79 Å². The van der Waals surface area contributed by atoms with Crippen LogP contribution in [0.5, 0.6) is 0 Å². The molecule has 0 bridgehead atoms. The number of aromatic nitrogens is 2. The van der Waals surface area contributed by atoms with Gasteiger partial charge in [0.25, 0.3) is 5.56 Å². The van der Waals surface area contributed by atoms with Gasteiger partial charge in [0.2, 0.25) is 0 Å². The molecule has 0 amide bonds. The van der Waals surface area contributed by atoms with Crippen LogP contribution in [-0.4, -0.2) is 16.3 Å². The van der Waals surface area contributed by atoms with Crippen LogP contribution in [0.4, 0.5) is 5.69 Å². The van der Waals surface area contributed by atoms with Crippen LogP contribution in [0, 0.1) is 0 Å². The Bertz CT molecular complexity index is 624. The molecule has 0 fully saturated rings. The summed E-state index contributed by atoms with van der Waals surface area (Å²) in [4.78, 5) is 13.2. The summed E-state index contributed by atoms with van der Waals surface area (Å²) in [7, 11) is 0. The van der Waals surface area contributed by atoms with Crippen molar-refractivity contribution in [2.75, 3.05) is 11.9 Å². The molecule has 0 saturated heterocycles. The van der Waals surface area contributed by atoms with Crippen molar-refractivity contribution in [3.63, 3.8) is 0 Å². The van der Waals surface area contributed by atoms with Gasteiger partial charge in [-0.3, -0.25) is 4.79 Å². The summed E-state index contributed by atoms with van der Waals surface area (Å²) in [6.07, 6.45) is 2.60. The molecule has 0 aromatic carbocycles. The number of nitrogens with one attached hydrogen (secondary N) is 1. The second-order valence-electron chi connectivity index (χ2n) is 3.88. The highest BCUT2D eigenvalue weighted by molar-refractivity contribution is 9.11.